The van der Waals surface area contributed by atoms with E-state index in [-0.39, 0.29) is 0 Å². The molecule has 0 saturated carbocycles. The number of aromatic hydroxyl groups is 1. The van der Waals surface area contributed by atoms with Crippen LogP contribution in [0.2, 0.25) is 0 Å². The lowest BCUT2D eigenvalue weighted by atomic mass is 9.96. The molecule has 0 aromatic heterocycles. The van der Waals surface area contributed by atoms with Crippen molar-refractivity contribution < 1.29 is 5.11 Å². The standard InChI is InChI=1S/C14H23NO/c1-4-8-15-14(11(2)3)10-12-6-5-7-13(16)9-12/h5-7,9,11,14-16H,4,8,10H2,1-3H3. The molecule has 0 aliphatic rings. The van der Waals surface area contributed by atoms with Gasteiger partial charge in [0, 0.05) is 6.04 Å². The number of phenols is 1. The van der Waals surface area contributed by atoms with Crippen molar-refractivity contribution in [2.75, 3.05) is 6.54 Å². The van der Waals surface area contributed by atoms with Gasteiger partial charge in [0.1, 0.15) is 5.75 Å². The largest absolute Gasteiger partial charge is 0.508 e. The molecule has 0 spiro atoms. The summed E-state index contributed by atoms with van der Waals surface area (Å²) >= 11 is 0. The van der Waals surface area contributed by atoms with Crippen molar-refractivity contribution in [1.29, 1.82) is 0 Å². The van der Waals surface area contributed by atoms with Gasteiger partial charge in [0.15, 0.2) is 0 Å². The van der Waals surface area contributed by atoms with Crippen LogP contribution >= 0.6 is 0 Å². The minimum Gasteiger partial charge on any atom is -0.508 e. The predicted octanol–water partition coefficient (Wildman–Crippen LogP) is 2.96. The first-order chi connectivity index (χ1) is 7.63. The van der Waals surface area contributed by atoms with Crippen molar-refractivity contribution >= 4 is 0 Å². The number of rotatable bonds is 6. The first-order valence-corrected chi connectivity index (χ1v) is 6.14. The highest BCUT2D eigenvalue weighted by Crippen LogP contribution is 2.15. The molecule has 1 aromatic carbocycles. The Kier molecular flexibility index (Phi) is 5.33. The normalized spacial score (nSPS) is 13.0. The predicted molar refractivity (Wildman–Crippen MR) is 68.7 cm³/mol. The van der Waals surface area contributed by atoms with Gasteiger partial charge in [-0.05, 0) is 43.0 Å². The third-order valence-corrected chi connectivity index (χ3v) is 2.83. The Morgan fingerprint density at radius 1 is 1.31 bits per heavy atom. The Balaban J connectivity index is 2.60. The molecule has 90 valence electrons. The molecule has 0 aliphatic heterocycles. The van der Waals surface area contributed by atoms with Crippen LogP contribution in [-0.2, 0) is 6.42 Å². The highest BCUT2D eigenvalue weighted by molar-refractivity contribution is 5.27. The maximum atomic E-state index is 9.42. The number of hydrogen-bond donors (Lipinski definition) is 2. The van der Waals surface area contributed by atoms with E-state index in [1.807, 2.05) is 12.1 Å². The highest BCUT2D eigenvalue weighted by atomic mass is 16.3. The van der Waals surface area contributed by atoms with E-state index in [0.29, 0.717) is 17.7 Å². The minimum atomic E-state index is 0.357. The first kappa shape index (κ1) is 13.0. The summed E-state index contributed by atoms with van der Waals surface area (Å²) in [6.07, 6.45) is 2.13. The van der Waals surface area contributed by atoms with E-state index >= 15 is 0 Å². The maximum absolute atomic E-state index is 9.42. The van der Waals surface area contributed by atoms with Crippen LogP contribution < -0.4 is 5.32 Å². The Bertz CT molecular complexity index is 309. The van der Waals surface area contributed by atoms with Crippen molar-refractivity contribution in [3.05, 3.63) is 29.8 Å². The van der Waals surface area contributed by atoms with Crippen LogP contribution in [0.5, 0.6) is 5.75 Å². The highest BCUT2D eigenvalue weighted by Gasteiger charge is 2.12. The summed E-state index contributed by atoms with van der Waals surface area (Å²) in [7, 11) is 0. The Hall–Kier alpha value is -1.02. The molecular weight excluding hydrogens is 198 g/mol. The summed E-state index contributed by atoms with van der Waals surface area (Å²) in [5.74, 6) is 0.962. The number of benzene rings is 1. The second-order valence-corrected chi connectivity index (χ2v) is 4.68. The Labute approximate surface area is 98.7 Å². The van der Waals surface area contributed by atoms with Gasteiger partial charge in [-0.1, -0.05) is 32.9 Å². The van der Waals surface area contributed by atoms with Gasteiger partial charge in [-0.15, -0.1) is 0 Å². The molecule has 0 radical (unpaired) electrons. The van der Waals surface area contributed by atoms with E-state index in [0.717, 1.165) is 19.4 Å². The molecule has 1 atom stereocenters. The molecule has 2 N–H and O–H groups in total. The van der Waals surface area contributed by atoms with Crippen LogP contribution in [0.15, 0.2) is 24.3 Å². The molecule has 2 heteroatoms. The van der Waals surface area contributed by atoms with Crippen LogP contribution in [0.25, 0.3) is 0 Å². The van der Waals surface area contributed by atoms with Gasteiger partial charge in [-0.3, -0.25) is 0 Å². The van der Waals surface area contributed by atoms with Crippen molar-refractivity contribution in [1.82, 2.24) is 5.32 Å². The molecule has 1 unspecified atom stereocenters. The molecule has 2 nitrogen and oxygen atoms in total. The van der Waals surface area contributed by atoms with Gasteiger partial charge in [-0.25, -0.2) is 0 Å². The monoisotopic (exact) mass is 221 g/mol. The van der Waals surface area contributed by atoms with Crippen molar-refractivity contribution in [3.8, 4) is 5.75 Å². The van der Waals surface area contributed by atoms with Crippen molar-refractivity contribution in [2.24, 2.45) is 5.92 Å². The zero-order valence-electron chi connectivity index (χ0n) is 10.5. The molecule has 0 amide bonds. The maximum Gasteiger partial charge on any atom is 0.115 e. The van der Waals surface area contributed by atoms with Crippen LogP contribution in [0.3, 0.4) is 0 Å². The molecule has 1 aromatic rings. The van der Waals surface area contributed by atoms with E-state index in [4.69, 9.17) is 0 Å². The lowest BCUT2D eigenvalue weighted by Gasteiger charge is -2.22. The van der Waals surface area contributed by atoms with Gasteiger partial charge in [-0.2, -0.15) is 0 Å². The fourth-order valence-corrected chi connectivity index (χ4v) is 1.81. The first-order valence-electron chi connectivity index (χ1n) is 6.14. The minimum absolute atomic E-state index is 0.357. The average molecular weight is 221 g/mol. The molecule has 0 saturated heterocycles. The zero-order chi connectivity index (χ0) is 12.0. The van der Waals surface area contributed by atoms with Crippen LogP contribution in [0.4, 0.5) is 0 Å². The topological polar surface area (TPSA) is 32.3 Å². The zero-order valence-corrected chi connectivity index (χ0v) is 10.5. The molecule has 0 aliphatic carbocycles. The quantitative estimate of drug-likeness (QED) is 0.774. The Morgan fingerprint density at radius 3 is 2.62 bits per heavy atom. The second-order valence-electron chi connectivity index (χ2n) is 4.68. The van der Waals surface area contributed by atoms with Crippen molar-refractivity contribution in [3.63, 3.8) is 0 Å². The lowest BCUT2D eigenvalue weighted by molar-refractivity contribution is 0.396. The molecular formula is C14H23NO. The van der Waals surface area contributed by atoms with E-state index in [2.05, 4.69) is 32.2 Å². The van der Waals surface area contributed by atoms with E-state index < -0.39 is 0 Å². The number of nitrogens with one attached hydrogen (secondary N) is 1. The number of hydrogen-bond acceptors (Lipinski definition) is 2. The summed E-state index contributed by atoms with van der Waals surface area (Å²) in [6, 6.07) is 8.03. The van der Waals surface area contributed by atoms with Crippen LogP contribution in [0.1, 0.15) is 32.8 Å². The van der Waals surface area contributed by atoms with Gasteiger partial charge >= 0.3 is 0 Å². The molecule has 16 heavy (non-hydrogen) atoms. The third-order valence-electron chi connectivity index (χ3n) is 2.83. The van der Waals surface area contributed by atoms with Gasteiger partial charge in [0.2, 0.25) is 0 Å². The van der Waals surface area contributed by atoms with Crippen LogP contribution in [0, 0.1) is 5.92 Å². The summed E-state index contributed by atoms with van der Waals surface area (Å²) < 4.78 is 0. The van der Waals surface area contributed by atoms with E-state index in [1.54, 1.807) is 6.07 Å². The second kappa shape index (κ2) is 6.54. The van der Waals surface area contributed by atoms with Crippen molar-refractivity contribution in [2.45, 2.75) is 39.7 Å². The molecule has 0 bridgehead atoms. The fourth-order valence-electron chi connectivity index (χ4n) is 1.81. The van der Waals surface area contributed by atoms with E-state index in [9.17, 15) is 5.11 Å². The summed E-state index contributed by atoms with van der Waals surface area (Å²) in [5, 5.41) is 13.0. The molecule has 0 fully saturated rings. The lowest BCUT2D eigenvalue weighted by Crippen LogP contribution is -2.36. The van der Waals surface area contributed by atoms with E-state index in [1.165, 1.54) is 5.56 Å². The summed E-state index contributed by atoms with van der Waals surface area (Å²) in [5.41, 5.74) is 1.20. The average Bonchev–Trinajstić information content (AvgIpc) is 2.24. The summed E-state index contributed by atoms with van der Waals surface area (Å²) in [4.78, 5) is 0. The molecule has 1 rings (SSSR count). The SMILES string of the molecule is CCCNC(Cc1cccc(O)c1)C(C)C. The third kappa shape index (κ3) is 4.23. The number of phenolic OH excluding ortho intramolecular Hbond substituents is 1. The van der Waals surface area contributed by atoms with Gasteiger partial charge < -0.3 is 10.4 Å². The summed E-state index contributed by atoms with van der Waals surface area (Å²) in [6.45, 7) is 7.70. The Morgan fingerprint density at radius 2 is 2.06 bits per heavy atom. The van der Waals surface area contributed by atoms with Crippen LogP contribution in [-0.4, -0.2) is 17.7 Å². The molecule has 0 heterocycles. The fraction of sp³-hybridized carbons (Fsp3) is 0.571. The van der Waals surface area contributed by atoms with Gasteiger partial charge in [0.05, 0.1) is 0 Å². The smallest absolute Gasteiger partial charge is 0.115 e. The van der Waals surface area contributed by atoms with Gasteiger partial charge in [0.25, 0.3) is 0 Å².